The zero-order chi connectivity index (χ0) is 12.0. The molecule has 4 N–H and O–H groups in total. The third-order valence-electron chi connectivity index (χ3n) is 1.91. The maximum Gasteiger partial charge on any atom is 0.331 e. The second-order valence-electron chi connectivity index (χ2n) is 3.32. The average molecular weight is 221 g/mol. The summed E-state index contributed by atoms with van der Waals surface area (Å²) in [6.45, 7) is 1.80. The number of guanidine groups is 1. The summed E-state index contributed by atoms with van der Waals surface area (Å²) < 4.78 is 5.03. The molecule has 1 aromatic rings. The SMILES string of the molecule is CC(N=C(N)N)C(=O)OCc1ccccc1. The molecule has 0 aliphatic carbocycles. The van der Waals surface area contributed by atoms with E-state index in [0.717, 1.165) is 5.56 Å². The van der Waals surface area contributed by atoms with E-state index in [9.17, 15) is 4.79 Å². The Morgan fingerprint density at radius 1 is 1.38 bits per heavy atom. The van der Waals surface area contributed by atoms with Gasteiger partial charge in [-0.1, -0.05) is 30.3 Å². The second-order valence-corrected chi connectivity index (χ2v) is 3.32. The van der Waals surface area contributed by atoms with Crippen molar-refractivity contribution in [3.05, 3.63) is 35.9 Å². The van der Waals surface area contributed by atoms with Crippen LogP contribution >= 0.6 is 0 Å². The molecule has 86 valence electrons. The van der Waals surface area contributed by atoms with Crippen molar-refractivity contribution in [3.8, 4) is 0 Å². The molecule has 0 aliphatic rings. The van der Waals surface area contributed by atoms with E-state index < -0.39 is 12.0 Å². The first-order valence-corrected chi connectivity index (χ1v) is 4.89. The minimum atomic E-state index is -0.672. The molecule has 1 aromatic carbocycles. The maximum absolute atomic E-state index is 11.4. The minimum Gasteiger partial charge on any atom is -0.459 e. The quantitative estimate of drug-likeness (QED) is 0.437. The highest BCUT2D eigenvalue weighted by Crippen LogP contribution is 2.02. The van der Waals surface area contributed by atoms with Gasteiger partial charge in [-0.05, 0) is 12.5 Å². The van der Waals surface area contributed by atoms with E-state index in [1.807, 2.05) is 30.3 Å². The summed E-state index contributed by atoms with van der Waals surface area (Å²) in [5, 5.41) is 0. The Balaban J connectivity index is 2.44. The van der Waals surface area contributed by atoms with Crippen LogP contribution in [0.4, 0.5) is 0 Å². The molecule has 5 heteroatoms. The summed E-state index contributed by atoms with van der Waals surface area (Å²) in [4.78, 5) is 15.1. The molecule has 1 unspecified atom stereocenters. The monoisotopic (exact) mass is 221 g/mol. The molecule has 0 amide bonds. The number of nitrogens with zero attached hydrogens (tertiary/aromatic N) is 1. The molecule has 0 saturated heterocycles. The number of carbonyl (C=O) groups is 1. The predicted octanol–water partition coefficient (Wildman–Crippen LogP) is 0.392. The standard InChI is InChI=1S/C11H15N3O2/c1-8(14-11(12)13)10(15)16-7-9-5-3-2-4-6-9/h2-6,8H,7H2,1H3,(H4,12,13,14). The summed E-state index contributed by atoms with van der Waals surface area (Å²) >= 11 is 0. The number of hydrogen-bond acceptors (Lipinski definition) is 3. The van der Waals surface area contributed by atoms with E-state index in [0.29, 0.717) is 0 Å². The van der Waals surface area contributed by atoms with Crippen molar-refractivity contribution in [1.82, 2.24) is 0 Å². The highest BCUT2D eigenvalue weighted by molar-refractivity contribution is 5.82. The van der Waals surface area contributed by atoms with Crippen LogP contribution in [0.25, 0.3) is 0 Å². The van der Waals surface area contributed by atoms with Crippen molar-refractivity contribution in [1.29, 1.82) is 0 Å². The van der Waals surface area contributed by atoms with Gasteiger partial charge >= 0.3 is 5.97 Å². The zero-order valence-electron chi connectivity index (χ0n) is 9.09. The van der Waals surface area contributed by atoms with Gasteiger partial charge in [0.25, 0.3) is 0 Å². The zero-order valence-corrected chi connectivity index (χ0v) is 9.09. The Hall–Kier alpha value is -2.04. The lowest BCUT2D eigenvalue weighted by atomic mass is 10.2. The van der Waals surface area contributed by atoms with Crippen LogP contribution < -0.4 is 11.5 Å². The molecular weight excluding hydrogens is 206 g/mol. The van der Waals surface area contributed by atoms with E-state index in [2.05, 4.69) is 4.99 Å². The maximum atomic E-state index is 11.4. The smallest absolute Gasteiger partial charge is 0.331 e. The molecule has 0 aromatic heterocycles. The fourth-order valence-corrected chi connectivity index (χ4v) is 1.13. The fraction of sp³-hybridized carbons (Fsp3) is 0.273. The molecule has 1 atom stereocenters. The third kappa shape index (κ3) is 4.00. The number of aliphatic imine (C=N–C) groups is 1. The Morgan fingerprint density at radius 3 is 2.56 bits per heavy atom. The number of hydrogen-bond donors (Lipinski definition) is 2. The van der Waals surface area contributed by atoms with Gasteiger partial charge in [-0.3, -0.25) is 0 Å². The summed E-state index contributed by atoms with van der Waals surface area (Å²) in [5.41, 5.74) is 11.2. The number of rotatable bonds is 4. The Labute approximate surface area is 94.1 Å². The van der Waals surface area contributed by atoms with Crippen LogP contribution in [-0.4, -0.2) is 18.0 Å². The van der Waals surface area contributed by atoms with Gasteiger partial charge in [0.2, 0.25) is 0 Å². The van der Waals surface area contributed by atoms with Gasteiger partial charge in [-0.25, -0.2) is 9.79 Å². The highest BCUT2D eigenvalue weighted by Gasteiger charge is 2.12. The van der Waals surface area contributed by atoms with Crippen molar-refractivity contribution in [2.75, 3.05) is 0 Å². The van der Waals surface area contributed by atoms with Crippen molar-refractivity contribution in [2.24, 2.45) is 16.5 Å². The summed E-state index contributed by atoms with van der Waals surface area (Å²) in [5.74, 6) is -0.568. The van der Waals surface area contributed by atoms with Crippen molar-refractivity contribution < 1.29 is 9.53 Å². The minimum absolute atomic E-state index is 0.121. The lowest BCUT2D eigenvalue weighted by Gasteiger charge is -2.07. The van der Waals surface area contributed by atoms with E-state index >= 15 is 0 Å². The number of benzene rings is 1. The normalized spacial score (nSPS) is 11.6. The summed E-state index contributed by atoms with van der Waals surface area (Å²) in [7, 11) is 0. The Bertz CT molecular complexity index is 372. The van der Waals surface area contributed by atoms with Gasteiger partial charge in [-0.2, -0.15) is 0 Å². The highest BCUT2D eigenvalue weighted by atomic mass is 16.5. The largest absolute Gasteiger partial charge is 0.459 e. The number of esters is 1. The van der Waals surface area contributed by atoms with E-state index in [4.69, 9.17) is 16.2 Å². The number of nitrogens with two attached hydrogens (primary N) is 2. The molecular formula is C11H15N3O2. The average Bonchev–Trinajstić information content (AvgIpc) is 2.26. The van der Waals surface area contributed by atoms with Crippen LogP contribution in [0.1, 0.15) is 12.5 Å². The van der Waals surface area contributed by atoms with Gasteiger partial charge < -0.3 is 16.2 Å². The van der Waals surface area contributed by atoms with Gasteiger partial charge in [0, 0.05) is 0 Å². The molecule has 0 spiro atoms. The van der Waals surface area contributed by atoms with Crippen molar-refractivity contribution >= 4 is 11.9 Å². The Morgan fingerprint density at radius 2 is 2.00 bits per heavy atom. The van der Waals surface area contributed by atoms with Gasteiger partial charge in [0.05, 0.1) is 0 Å². The predicted molar refractivity (Wildman–Crippen MR) is 61.5 cm³/mol. The van der Waals surface area contributed by atoms with E-state index in [1.54, 1.807) is 6.92 Å². The molecule has 0 radical (unpaired) electrons. The summed E-state index contributed by atoms with van der Waals surface area (Å²) in [6.07, 6.45) is 0. The van der Waals surface area contributed by atoms with Crippen LogP contribution in [-0.2, 0) is 16.1 Å². The first-order chi connectivity index (χ1) is 7.59. The van der Waals surface area contributed by atoms with Crippen molar-refractivity contribution in [2.45, 2.75) is 19.6 Å². The third-order valence-corrected chi connectivity index (χ3v) is 1.91. The fourth-order valence-electron chi connectivity index (χ4n) is 1.13. The van der Waals surface area contributed by atoms with Crippen LogP contribution in [0.5, 0.6) is 0 Å². The first kappa shape index (κ1) is 12.0. The Kier molecular flexibility index (Phi) is 4.32. The van der Waals surface area contributed by atoms with Crippen LogP contribution in [0.2, 0.25) is 0 Å². The summed E-state index contributed by atoms with van der Waals surface area (Å²) in [6, 6.07) is 8.73. The molecule has 0 aliphatic heterocycles. The first-order valence-electron chi connectivity index (χ1n) is 4.89. The van der Waals surface area contributed by atoms with Crippen LogP contribution in [0.3, 0.4) is 0 Å². The topological polar surface area (TPSA) is 90.7 Å². The molecule has 0 heterocycles. The van der Waals surface area contributed by atoms with Crippen LogP contribution in [0, 0.1) is 0 Å². The van der Waals surface area contributed by atoms with Crippen LogP contribution in [0.15, 0.2) is 35.3 Å². The molecule has 0 fully saturated rings. The molecule has 0 bridgehead atoms. The van der Waals surface area contributed by atoms with Gasteiger partial charge in [0.15, 0.2) is 5.96 Å². The van der Waals surface area contributed by atoms with Gasteiger partial charge in [0.1, 0.15) is 12.6 Å². The number of ether oxygens (including phenoxy) is 1. The van der Waals surface area contributed by atoms with E-state index in [1.165, 1.54) is 0 Å². The van der Waals surface area contributed by atoms with Gasteiger partial charge in [-0.15, -0.1) is 0 Å². The van der Waals surface area contributed by atoms with E-state index in [-0.39, 0.29) is 12.6 Å². The second kappa shape index (κ2) is 5.75. The molecule has 16 heavy (non-hydrogen) atoms. The lowest BCUT2D eigenvalue weighted by Crippen LogP contribution is -2.28. The number of carbonyl (C=O) groups excluding carboxylic acids is 1. The molecule has 5 nitrogen and oxygen atoms in total. The molecule has 0 saturated carbocycles. The lowest BCUT2D eigenvalue weighted by molar-refractivity contribution is -0.146. The molecule has 1 rings (SSSR count). The van der Waals surface area contributed by atoms with Crippen molar-refractivity contribution in [3.63, 3.8) is 0 Å².